The lowest BCUT2D eigenvalue weighted by Gasteiger charge is -2.21. The zero-order valence-corrected chi connectivity index (χ0v) is 8.41. The molecule has 1 nitrogen and oxygen atoms in total. The molecule has 0 aromatic carbocycles. The molecule has 13 heavy (non-hydrogen) atoms. The van der Waals surface area contributed by atoms with Crippen molar-refractivity contribution in [3.8, 4) is 0 Å². The van der Waals surface area contributed by atoms with E-state index in [1.165, 1.54) is 4.90 Å². The first-order chi connectivity index (χ1) is 5.71. The van der Waals surface area contributed by atoms with Crippen LogP contribution in [0.2, 0.25) is 0 Å². The standard InChI is InChI=1S/C8H13ClF3N/c1-7(2)4-13(3-6(7)9)5-8(10,11)12/h6H,3-5H2,1-2H3. The predicted molar refractivity (Wildman–Crippen MR) is 45.9 cm³/mol. The summed E-state index contributed by atoms with van der Waals surface area (Å²) in [6.07, 6.45) is -4.11. The van der Waals surface area contributed by atoms with Crippen LogP contribution in [0.15, 0.2) is 0 Å². The van der Waals surface area contributed by atoms with Crippen molar-refractivity contribution >= 4 is 11.6 Å². The third-order valence-corrected chi connectivity index (χ3v) is 3.03. The molecule has 0 radical (unpaired) electrons. The highest BCUT2D eigenvalue weighted by Gasteiger charge is 2.42. The first-order valence-electron chi connectivity index (χ1n) is 4.14. The first-order valence-corrected chi connectivity index (χ1v) is 4.57. The Bertz CT molecular complexity index is 188. The molecule has 1 unspecified atom stereocenters. The van der Waals surface area contributed by atoms with Crippen molar-refractivity contribution < 1.29 is 13.2 Å². The lowest BCUT2D eigenvalue weighted by molar-refractivity contribution is -0.144. The van der Waals surface area contributed by atoms with Gasteiger partial charge in [0, 0.05) is 13.1 Å². The third kappa shape index (κ3) is 3.02. The summed E-state index contributed by atoms with van der Waals surface area (Å²) in [5, 5.41) is -0.185. The van der Waals surface area contributed by atoms with Crippen LogP contribution in [-0.2, 0) is 0 Å². The molecule has 0 aliphatic carbocycles. The van der Waals surface area contributed by atoms with Crippen LogP contribution in [0.25, 0.3) is 0 Å². The van der Waals surface area contributed by atoms with Gasteiger partial charge in [0.15, 0.2) is 0 Å². The summed E-state index contributed by atoms with van der Waals surface area (Å²) in [7, 11) is 0. The summed E-state index contributed by atoms with van der Waals surface area (Å²) in [6.45, 7) is 3.68. The van der Waals surface area contributed by atoms with Crippen LogP contribution < -0.4 is 0 Å². The van der Waals surface area contributed by atoms with E-state index in [2.05, 4.69) is 0 Å². The molecule has 1 aliphatic heterocycles. The highest BCUT2D eigenvalue weighted by Crippen LogP contribution is 2.34. The van der Waals surface area contributed by atoms with Crippen LogP contribution in [0, 0.1) is 5.41 Å². The molecule has 5 heteroatoms. The molecule has 0 spiro atoms. The molecule has 78 valence electrons. The highest BCUT2D eigenvalue weighted by molar-refractivity contribution is 6.21. The Morgan fingerprint density at radius 1 is 1.46 bits per heavy atom. The Balaban J connectivity index is 2.50. The molecule has 1 rings (SSSR count). The molecule has 1 heterocycles. The molecule has 0 amide bonds. The monoisotopic (exact) mass is 215 g/mol. The number of likely N-dealkylation sites (tertiary alicyclic amines) is 1. The molecule has 1 fully saturated rings. The molecule has 0 aromatic heterocycles. The van der Waals surface area contributed by atoms with Crippen molar-refractivity contribution in [1.82, 2.24) is 4.90 Å². The van der Waals surface area contributed by atoms with E-state index in [0.717, 1.165) is 0 Å². The Labute approximate surface area is 80.8 Å². The summed E-state index contributed by atoms with van der Waals surface area (Å²) in [6, 6.07) is 0. The van der Waals surface area contributed by atoms with E-state index in [4.69, 9.17) is 11.6 Å². The second kappa shape index (κ2) is 3.31. The van der Waals surface area contributed by atoms with E-state index < -0.39 is 12.7 Å². The van der Waals surface area contributed by atoms with Crippen molar-refractivity contribution in [2.24, 2.45) is 5.41 Å². The summed E-state index contributed by atoms with van der Waals surface area (Å²) < 4.78 is 36.0. The molecular formula is C8H13ClF3N. The van der Waals surface area contributed by atoms with Crippen molar-refractivity contribution in [3.63, 3.8) is 0 Å². The van der Waals surface area contributed by atoms with Gasteiger partial charge < -0.3 is 0 Å². The highest BCUT2D eigenvalue weighted by atomic mass is 35.5. The number of hydrogen-bond donors (Lipinski definition) is 0. The second-order valence-electron chi connectivity index (χ2n) is 4.24. The summed E-state index contributed by atoms with van der Waals surface area (Å²) >= 11 is 5.92. The molecule has 1 atom stereocenters. The fourth-order valence-corrected chi connectivity index (χ4v) is 1.85. The lowest BCUT2D eigenvalue weighted by atomic mass is 9.92. The van der Waals surface area contributed by atoms with Crippen LogP contribution in [0.1, 0.15) is 13.8 Å². The fraction of sp³-hybridized carbons (Fsp3) is 1.00. The first kappa shape index (κ1) is 11.1. The van der Waals surface area contributed by atoms with Crippen molar-refractivity contribution in [3.05, 3.63) is 0 Å². The van der Waals surface area contributed by atoms with Gasteiger partial charge >= 0.3 is 6.18 Å². The number of halogens is 4. The number of rotatable bonds is 1. The molecule has 1 aliphatic rings. The average molecular weight is 216 g/mol. The van der Waals surface area contributed by atoms with Crippen LogP contribution in [0.3, 0.4) is 0 Å². The van der Waals surface area contributed by atoms with Crippen LogP contribution in [-0.4, -0.2) is 36.1 Å². The maximum atomic E-state index is 12.0. The van der Waals surface area contributed by atoms with E-state index in [9.17, 15) is 13.2 Å². The normalized spacial score (nSPS) is 29.5. The molecule has 0 saturated carbocycles. The second-order valence-corrected chi connectivity index (χ2v) is 4.77. The molecule has 0 bridgehead atoms. The molecule has 0 aromatic rings. The van der Waals surface area contributed by atoms with Crippen molar-refractivity contribution in [2.75, 3.05) is 19.6 Å². The van der Waals surface area contributed by atoms with Gasteiger partial charge in [0.25, 0.3) is 0 Å². The van der Waals surface area contributed by atoms with Gasteiger partial charge in [-0.2, -0.15) is 13.2 Å². The number of hydrogen-bond acceptors (Lipinski definition) is 1. The van der Waals surface area contributed by atoms with Gasteiger partial charge in [-0.25, -0.2) is 0 Å². The van der Waals surface area contributed by atoms with Gasteiger partial charge in [-0.3, -0.25) is 4.90 Å². The van der Waals surface area contributed by atoms with Crippen molar-refractivity contribution in [2.45, 2.75) is 25.4 Å². The van der Waals surface area contributed by atoms with Gasteiger partial charge in [-0.1, -0.05) is 13.8 Å². The Kier molecular flexibility index (Phi) is 2.83. The van der Waals surface area contributed by atoms with E-state index in [1.54, 1.807) is 0 Å². The topological polar surface area (TPSA) is 3.24 Å². The Morgan fingerprint density at radius 2 is 2.00 bits per heavy atom. The van der Waals surface area contributed by atoms with Gasteiger partial charge in [0.1, 0.15) is 0 Å². The molecule has 0 N–H and O–H groups in total. The molecule has 1 saturated heterocycles. The maximum Gasteiger partial charge on any atom is 0.401 e. The van der Waals surface area contributed by atoms with Gasteiger partial charge in [-0.15, -0.1) is 11.6 Å². The van der Waals surface area contributed by atoms with Crippen molar-refractivity contribution in [1.29, 1.82) is 0 Å². The average Bonchev–Trinajstić information content (AvgIpc) is 2.01. The Hall–Kier alpha value is 0.0400. The SMILES string of the molecule is CC1(C)CN(CC(F)(F)F)CC1Cl. The lowest BCUT2D eigenvalue weighted by Crippen LogP contribution is -2.33. The summed E-state index contributed by atoms with van der Waals surface area (Å²) in [4.78, 5) is 1.36. The minimum absolute atomic E-state index is 0.185. The zero-order chi connectivity index (χ0) is 10.3. The summed E-state index contributed by atoms with van der Waals surface area (Å²) in [5.41, 5.74) is -0.215. The molecular weight excluding hydrogens is 203 g/mol. The van der Waals surface area contributed by atoms with Gasteiger partial charge in [0.05, 0.1) is 11.9 Å². The largest absolute Gasteiger partial charge is 0.401 e. The van der Waals surface area contributed by atoms with Gasteiger partial charge in [0.2, 0.25) is 0 Å². The van der Waals surface area contributed by atoms with Crippen LogP contribution in [0.4, 0.5) is 13.2 Å². The van der Waals surface area contributed by atoms with E-state index in [-0.39, 0.29) is 10.8 Å². The van der Waals surface area contributed by atoms with E-state index in [0.29, 0.717) is 13.1 Å². The van der Waals surface area contributed by atoms with Crippen LogP contribution in [0.5, 0.6) is 0 Å². The zero-order valence-electron chi connectivity index (χ0n) is 7.66. The minimum atomic E-state index is -4.11. The van der Waals surface area contributed by atoms with Gasteiger partial charge in [-0.05, 0) is 5.41 Å². The predicted octanol–water partition coefficient (Wildman–Crippen LogP) is 2.50. The Morgan fingerprint density at radius 3 is 2.31 bits per heavy atom. The van der Waals surface area contributed by atoms with E-state index in [1.807, 2.05) is 13.8 Å². The number of nitrogens with zero attached hydrogens (tertiary/aromatic N) is 1. The fourth-order valence-electron chi connectivity index (χ4n) is 1.59. The summed E-state index contributed by atoms with van der Waals surface area (Å²) in [5.74, 6) is 0. The third-order valence-electron chi connectivity index (χ3n) is 2.30. The van der Waals surface area contributed by atoms with Crippen LogP contribution >= 0.6 is 11.6 Å². The minimum Gasteiger partial charge on any atom is -0.293 e. The smallest absolute Gasteiger partial charge is 0.293 e. The maximum absolute atomic E-state index is 12.0. The quantitative estimate of drug-likeness (QED) is 0.608. The van der Waals surface area contributed by atoms with E-state index >= 15 is 0 Å². The number of alkyl halides is 4.